The molecule has 1 aliphatic rings. The first-order chi connectivity index (χ1) is 14.4. The average Bonchev–Trinajstić information content (AvgIpc) is 2.71. The Hall–Kier alpha value is -2.99. The van der Waals surface area contributed by atoms with Crippen LogP contribution in [0.5, 0.6) is 5.75 Å². The largest absolute Gasteiger partial charge is 0.573 e. The molecule has 1 amide bonds. The van der Waals surface area contributed by atoms with Crippen LogP contribution in [0.3, 0.4) is 0 Å². The molecule has 0 spiro atoms. The number of hydrogen-bond donors (Lipinski definition) is 2. The first kappa shape index (κ1) is 20.3. The molecule has 2 aromatic carbocycles. The van der Waals surface area contributed by atoms with Gasteiger partial charge in [-0.3, -0.25) is 4.79 Å². The van der Waals surface area contributed by atoms with Crippen molar-refractivity contribution >= 4 is 46.6 Å². The molecule has 30 heavy (non-hydrogen) atoms. The molecule has 2 heterocycles. The van der Waals surface area contributed by atoms with Crippen molar-refractivity contribution in [3.05, 3.63) is 48.5 Å². The number of nitrogens with one attached hydrogen (secondary N) is 2. The van der Waals surface area contributed by atoms with Gasteiger partial charge in [-0.05, 0) is 36.4 Å². The Morgan fingerprint density at radius 1 is 1.13 bits per heavy atom. The maximum atomic E-state index is 12.2. The van der Waals surface area contributed by atoms with Crippen LogP contribution in [0.25, 0.3) is 0 Å². The van der Waals surface area contributed by atoms with Gasteiger partial charge >= 0.3 is 6.36 Å². The van der Waals surface area contributed by atoms with Crippen LogP contribution in [0, 0.1) is 0 Å². The summed E-state index contributed by atoms with van der Waals surface area (Å²) < 4.78 is 40.3. The fraction of sp³-hybridized carbons (Fsp3) is 0.111. The van der Waals surface area contributed by atoms with E-state index in [0.29, 0.717) is 21.7 Å². The number of thioether (sulfide) groups is 1. The molecule has 2 N–H and O–H groups in total. The molecule has 154 valence electrons. The van der Waals surface area contributed by atoms with Gasteiger partial charge in [0.25, 0.3) is 0 Å². The number of nitrogens with zero attached hydrogens (tertiary/aromatic N) is 3. The normalized spacial score (nSPS) is 12.4. The molecule has 0 fully saturated rings. The molecular weight excluding hydrogens is 439 g/mol. The third-order valence-corrected chi connectivity index (χ3v) is 5.57. The van der Waals surface area contributed by atoms with Gasteiger partial charge in [-0.15, -0.1) is 23.4 Å². The van der Waals surface area contributed by atoms with Crippen molar-refractivity contribution in [2.45, 2.75) is 21.4 Å². The van der Waals surface area contributed by atoms with E-state index < -0.39 is 6.36 Å². The summed E-state index contributed by atoms with van der Waals surface area (Å²) in [5.41, 5.74) is 1.26. The monoisotopic (exact) mass is 451 g/mol. The zero-order valence-corrected chi connectivity index (χ0v) is 16.6. The molecule has 0 saturated heterocycles. The molecular formula is C18H12F3N5O2S2. The molecule has 1 aliphatic heterocycles. The number of anilines is 3. The molecule has 0 radical (unpaired) electrons. The number of benzene rings is 2. The maximum Gasteiger partial charge on any atom is 0.573 e. The summed E-state index contributed by atoms with van der Waals surface area (Å²) in [4.78, 5) is 17.5. The Labute approximate surface area is 176 Å². The van der Waals surface area contributed by atoms with E-state index in [-0.39, 0.29) is 17.4 Å². The first-order valence-corrected chi connectivity index (χ1v) is 10.2. The van der Waals surface area contributed by atoms with E-state index >= 15 is 0 Å². The predicted octanol–water partition coefficient (Wildman–Crippen LogP) is 4.71. The Morgan fingerprint density at radius 3 is 2.67 bits per heavy atom. The number of amides is 1. The predicted molar refractivity (Wildman–Crippen MR) is 106 cm³/mol. The Bertz CT molecular complexity index is 1080. The molecule has 7 nitrogen and oxygen atoms in total. The zero-order valence-electron chi connectivity index (χ0n) is 14.9. The SMILES string of the molecule is O=C(CSc1nnc2c(n1)Nc1ccccc1S2)Nc1ccc(OC(F)(F)F)cc1. The fourth-order valence-electron chi connectivity index (χ4n) is 2.47. The number of carbonyl (C=O) groups excluding carboxylic acids is 1. The standard InChI is InChI=1S/C18H12F3N5O2S2/c19-18(20,21)28-11-7-5-10(6-8-11)22-14(27)9-29-17-24-15-16(25-26-17)30-13-4-2-1-3-12(13)23-15/h1-8H,9H2,(H,22,27)(H,23,24,26). The van der Waals surface area contributed by atoms with Crippen LogP contribution in [0.2, 0.25) is 0 Å². The summed E-state index contributed by atoms with van der Waals surface area (Å²) in [6.45, 7) is 0. The van der Waals surface area contributed by atoms with E-state index in [0.717, 1.165) is 34.5 Å². The minimum atomic E-state index is -4.76. The van der Waals surface area contributed by atoms with Gasteiger partial charge < -0.3 is 15.4 Å². The Kier molecular flexibility index (Phi) is 5.68. The quantitative estimate of drug-likeness (QED) is 0.422. The van der Waals surface area contributed by atoms with Crippen LogP contribution >= 0.6 is 23.5 Å². The average molecular weight is 451 g/mol. The first-order valence-electron chi connectivity index (χ1n) is 8.43. The molecule has 0 saturated carbocycles. The number of fused-ring (bicyclic) bond motifs is 2. The number of halogens is 3. The second kappa shape index (κ2) is 8.40. The van der Waals surface area contributed by atoms with E-state index in [4.69, 9.17) is 0 Å². The van der Waals surface area contributed by atoms with Gasteiger partial charge in [-0.1, -0.05) is 35.7 Å². The van der Waals surface area contributed by atoms with Crippen LogP contribution in [-0.4, -0.2) is 33.2 Å². The third kappa shape index (κ3) is 5.13. The van der Waals surface area contributed by atoms with Gasteiger partial charge in [-0.25, -0.2) is 4.98 Å². The Balaban J connectivity index is 1.32. The van der Waals surface area contributed by atoms with E-state index in [9.17, 15) is 18.0 Å². The van der Waals surface area contributed by atoms with Crippen molar-refractivity contribution in [2.24, 2.45) is 0 Å². The summed E-state index contributed by atoms with van der Waals surface area (Å²) in [7, 11) is 0. The van der Waals surface area contributed by atoms with Gasteiger partial charge in [0.05, 0.1) is 11.4 Å². The van der Waals surface area contributed by atoms with Crippen LogP contribution in [-0.2, 0) is 4.79 Å². The number of aromatic nitrogens is 3. The second-order valence-corrected chi connectivity index (χ2v) is 7.85. The highest BCUT2D eigenvalue weighted by Gasteiger charge is 2.31. The minimum Gasteiger partial charge on any atom is -0.406 e. The summed E-state index contributed by atoms with van der Waals surface area (Å²) in [5.74, 6) is -0.156. The fourth-order valence-corrected chi connectivity index (χ4v) is 3.92. The molecule has 0 atom stereocenters. The van der Waals surface area contributed by atoms with Crippen molar-refractivity contribution in [3.63, 3.8) is 0 Å². The van der Waals surface area contributed by atoms with Crippen LogP contribution in [0.15, 0.2) is 63.6 Å². The lowest BCUT2D eigenvalue weighted by molar-refractivity contribution is -0.274. The molecule has 4 rings (SSSR count). The lowest BCUT2D eigenvalue weighted by Crippen LogP contribution is -2.17. The number of para-hydroxylation sites is 1. The Morgan fingerprint density at radius 2 is 1.90 bits per heavy atom. The molecule has 3 aromatic rings. The van der Waals surface area contributed by atoms with E-state index in [2.05, 4.69) is 30.6 Å². The summed E-state index contributed by atoms with van der Waals surface area (Å²) in [5, 5.41) is 14.9. The summed E-state index contributed by atoms with van der Waals surface area (Å²) in [6.07, 6.45) is -4.76. The van der Waals surface area contributed by atoms with Crippen molar-refractivity contribution in [1.29, 1.82) is 0 Å². The third-order valence-electron chi connectivity index (χ3n) is 3.69. The van der Waals surface area contributed by atoms with Crippen LogP contribution in [0.4, 0.5) is 30.4 Å². The number of alkyl halides is 3. The van der Waals surface area contributed by atoms with Gasteiger partial charge in [0.1, 0.15) is 5.75 Å². The summed E-state index contributed by atoms with van der Waals surface area (Å²) >= 11 is 2.55. The van der Waals surface area contributed by atoms with E-state index in [1.807, 2.05) is 24.3 Å². The topological polar surface area (TPSA) is 89.0 Å². The van der Waals surface area contributed by atoms with Crippen molar-refractivity contribution < 1.29 is 22.7 Å². The number of ether oxygens (including phenoxy) is 1. The second-order valence-electron chi connectivity index (χ2n) is 5.88. The number of carbonyl (C=O) groups is 1. The highest BCUT2D eigenvalue weighted by molar-refractivity contribution is 8.00. The maximum absolute atomic E-state index is 12.2. The highest BCUT2D eigenvalue weighted by atomic mass is 32.2. The molecule has 12 heteroatoms. The number of hydrogen-bond acceptors (Lipinski definition) is 8. The zero-order chi connectivity index (χ0) is 21.1. The van der Waals surface area contributed by atoms with Gasteiger partial charge in [0, 0.05) is 10.6 Å². The van der Waals surface area contributed by atoms with E-state index in [1.165, 1.54) is 23.9 Å². The lowest BCUT2D eigenvalue weighted by atomic mass is 10.3. The van der Waals surface area contributed by atoms with Crippen molar-refractivity contribution in [1.82, 2.24) is 15.2 Å². The van der Waals surface area contributed by atoms with Crippen molar-refractivity contribution in [3.8, 4) is 5.75 Å². The minimum absolute atomic E-state index is 0.00496. The summed E-state index contributed by atoms with van der Waals surface area (Å²) in [6, 6.07) is 12.6. The lowest BCUT2D eigenvalue weighted by Gasteiger charge is -2.18. The highest BCUT2D eigenvalue weighted by Crippen LogP contribution is 2.41. The smallest absolute Gasteiger partial charge is 0.406 e. The molecule has 1 aromatic heterocycles. The van der Waals surface area contributed by atoms with Crippen LogP contribution < -0.4 is 15.4 Å². The van der Waals surface area contributed by atoms with Crippen molar-refractivity contribution in [2.75, 3.05) is 16.4 Å². The van der Waals surface area contributed by atoms with Crippen LogP contribution in [0.1, 0.15) is 0 Å². The van der Waals surface area contributed by atoms with Gasteiger partial charge in [0.2, 0.25) is 11.1 Å². The molecule has 0 unspecified atom stereocenters. The van der Waals surface area contributed by atoms with Gasteiger partial charge in [-0.2, -0.15) is 0 Å². The molecule has 0 bridgehead atoms. The molecule has 0 aliphatic carbocycles. The van der Waals surface area contributed by atoms with Gasteiger partial charge in [0.15, 0.2) is 10.8 Å². The number of rotatable bonds is 5. The van der Waals surface area contributed by atoms with E-state index in [1.54, 1.807) is 0 Å².